The molecule has 3 heterocycles. The van der Waals surface area contributed by atoms with Crippen molar-refractivity contribution >= 4 is 22.8 Å². The predicted molar refractivity (Wildman–Crippen MR) is 76.5 cm³/mol. The van der Waals surface area contributed by atoms with Crippen LogP contribution in [0.25, 0.3) is 11.0 Å². The van der Waals surface area contributed by atoms with Crippen LogP contribution in [0.4, 0.5) is 11.8 Å². The third-order valence-corrected chi connectivity index (χ3v) is 3.80. The van der Waals surface area contributed by atoms with Crippen LogP contribution in [-0.4, -0.2) is 40.3 Å². The molecule has 1 saturated heterocycles. The van der Waals surface area contributed by atoms with E-state index in [1.807, 2.05) is 13.2 Å². The molecule has 1 aliphatic heterocycles. The molecule has 1 atom stereocenters. The highest BCUT2D eigenvalue weighted by molar-refractivity contribution is 5.87. The third kappa shape index (κ3) is 2.22. The van der Waals surface area contributed by atoms with Gasteiger partial charge in [0, 0.05) is 20.1 Å². The van der Waals surface area contributed by atoms with Crippen LogP contribution in [0.5, 0.6) is 0 Å². The number of hydrogen-bond donors (Lipinski definition) is 2. The Bertz CT molecular complexity index is 563. The normalized spacial score (nSPS) is 19.3. The van der Waals surface area contributed by atoms with Crippen molar-refractivity contribution in [2.24, 2.45) is 5.92 Å². The summed E-state index contributed by atoms with van der Waals surface area (Å²) in [5.74, 6) is 2.44. The van der Waals surface area contributed by atoms with Gasteiger partial charge in [-0.2, -0.15) is 15.1 Å². The van der Waals surface area contributed by atoms with E-state index in [0.29, 0.717) is 5.95 Å². The molecule has 0 saturated carbocycles. The van der Waals surface area contributed by atoms with Gasteiger partial charge in [0.05, 0.1) is 11.6 Å². The van der Waals surface area contributed by atoms with Crippen LogP contribution in [0.1, 0.15) is 26.2 Å². The molecule has 2 aromatic rings. The molecule has 0 radical (unpaired) electrons. The molecule has 3 rings (SSSR count). The average Bonchev–Trinajstić information content (AvgIpc) is 3.06. The van der Waals surface area contributed by atoms with Gasteiger partial charge >= 0.3 is 0 Å². The Morgan fingerprint density at radius 1 is 1.47 bits per heavy atom. The second-order valence-corrected chi connectivity index (χ2v) is 5.14. The number of nitrogens with one attached hydrogen (secondary N) is 2. The van der Waals surface area contributed by atoms with Crippen LogP contribution >= 0.6 is 0 Å². The summed E-state index contributed by atoms with van der Waals surface area (Å²) in [6.45, 7) is 4.42. The fourth-order valence-corrected chi connectivity index (χ4v) is 2.84. The van der Waals surface area contributed by atoms with E-state index in [2.05, 4.69) is 37.3 Å². The molecule has 6 heteroatoms. The Morgan fingerprint density at radius 2 is 2.37 bits per heavy atom. The molecule has 19 heavy (non-hydrogen) atoms. The maximum Gasteiger partial charge on any atom is 0.226 e. The van der Waals surface area contributed by atoms with Crippen LogP contribution < -0.4 is 10.2 Å². The quantitative estimate of drug-likeness (QED) is 0.880. The molecule has 1 fully saturated rings. The molecule has 1 unspecified atom stereocenters. The summed E-state index contributed by atoms with van der Waals surface area (Å²) < 4.78 is 0. The first kappa shape index (κ1) is 12.2. The molecule has 0 aromatic carbocycles. The predicted octanol–water partition coefficient (Wildman–Crippen LogP) is 2.02. The van der Waals surface area contributed by atoms with Crippen molar-refractivity contribution in [2.75, 3.05) is 30.4 Å². The topological polar surface area (TPSA) is 69.7 Å². The van der Waals surface area contributed by atoms with Crippen molar-refractivity contribution < 1.29 is 0 Å². The zero-order valence-corrected chi connectivity index (χ0v) is 11.5. The van der Waals surface area contributed by atoms with Crippen LogP contribution in [0, 0.1) is 5.92 Å². The Balaban J connectivity index is 1.93. The largest absolute Gasteiger partial charge is 0.357 e. The van der Waals surface area contributed by atoms with Crippen molar-refractivity contribution in [1.29, 1.82) is 0 Å². The number of H-pyrrole nitrogens is 1. The molecule has 1 aliphatic rings. The molecule has 0 aliphatic carbocycles. The highest BCUT2D eigenvalue weighted by Gasteiger charge is 2.25. The molecule has 0 amide bonds. The highest BCUT2D eigenvalue weighted by Crippen LogP contribution is 2.30. The Labute approximate surface area is 112 Å². The molecule has 0 bridgehead atoms. The molecule has 2 N–H and O–H groups in total. The number of aromatic nitrogens is 4. The number of anilines is 2. The van der Waals surface area contributed by atoms with E-state index in [1.165, 1.54) is 19.3 Å². The number of rotatable bonds is 4. The fourth-order valence-electron chi connectivity index (χ4n) is 2.84. The maximum atomic E-state index is 4.61. The van der Waals surface area contributed by atoms with E-state index >= 15 is 0 Å². The van der Waals surface area contributed by atoms with Gasteiger partial charge in [-0.3, -0.25) is 5.10 Å². The standard InChI is InChI=1S/C13H20N6/c1-3-4-9-5-6-19(8-9)12-10-7-15-18-11(10)16-13(14-2)17-12/h7,9H,3-6,8H2,1-2H3,(H2,14,15,16,17,18). The van der Waals surface area contributed by atoms with Gasteiger partial charge in [0.2, 0.25) is 5.95 Å². The first-order valence-corrected chi connectivity index (χ1v) is 6.95. The van der Waals surface area contributed by atoms with Gasteiger partial charge in [0.15, 0.2) is 5.65 Å². The minimum absolute atomic E-state index is 0.644. The van der Waals surface area contributed by atoms with Gasteiger partial charge in [-0.15, -0.1) is 0 Å². The lowest BCUT2D eigenvalue weighted by atomic mass is 10.0. The van der Waals surface area contributed by atoms with E-state index in [-0.39, 0.29) is 0 Å². The number of nitrogens with zero attached hydrogens (tertiary/aromatic N) is 4. The van der Waals surface area contributed by atoms with E-state index in [4.69, 9.17) is 0 Å². The zero-order chi connectivity index (χ0) is 13.2. The number of fused-ring (bicyclic) bond motifs is 1. The van der Waals surface area contributed by atoms with Gasteiger partial charge in [-0.05, 0) is 18.8 Å². The van der Waals surface area contributed by atoms with Crippen molar-refractivity contribution in [3.8, 4) is 0 Å². The summed E-state index contributed by atoms with van der Waals surface area (Å²) >= 11 is 0. The van der Waals surface area contributed by atoms with Crippen molar-refractivity contribution in [1.82, 2.24) is 20.2 Å². The van der Waals surface area contributed by atoms with Crippen molar-refractivity contribution in [3.63, 3.8) is 0 Å². The summed E-state index contributed by atoms with van der Waals surface area (Å²) in [6.07, 6.45) is 5.63. The van der Waals surface area contributed by atoms with Gasteiger partial charge in [0.1, 0.15) is 5.82 Å². The third-order valence-electron chi connectivity index (χ3n) is 3.80. The van der Waals surface area contributed by atoms with Crippen molar-refractivity contribution in [2.45, 2.75) is 26.2 Å². The highest BCUT2D eigenvalue weighted by atomic mass is 15.3. The van der Waals surface area contributed by atoms with Crippen LogP contribution in [0.15, 0.2) is 6.20 Å². The number of hydrogen-bond acceptors (Lipinski definition) is 5. The molecular formula is C13H20N6. The summed E-state index contributed by atoms with van der Waals surface area (Å²) in [5, 5.41) is 11.0. The first-order chi connectivity index (χ1) is 9.31. The molecule has 0 spiro atoms. The lowest BCUT2D eigenvalue weighted by Gasteiger charge is -2.18. The minimum atomic E-state index is 0.644. The number of aromatic amines is 1. The van der Waals surface area contributed by atoms with E-state index in [1.54, 1.807) is 0 Å². The van der Waals surface area contributed by atoms with Crippen LogP contribution in [-0.2, 0) is 0 Å². The van der Waals surface area contributed by atoms with Gasteiger partial charge < -0.3 is 10.2 Å². The molecule has 2 aromatic heterocycles. The lowest BCUT2D eigenvalue weighted by molar-refractivity contribution is 0.529. The van der Waals surface area contributed by atoms with Gasteiger partial charge in [-0.25, -0.2) is 0 Å². The summed E-state index contributed by atoms with van der Waals surface area (Å²) in [5.41, 5.74) is 0.799. The second-order valence-electron chi connectivity index (χ2n) is 5.14. The smallest absolute Gasteiger partial charge is 0.226 e. The van der Waals surface area contributed by atoms with Crippen molar-refractivity contribution in [3.05, 3.63) is 6.20 Å². The van der Waals surface area contributed by atoms with Crippen LogP contribution in [0.2, 0.25) is 0 Å². The second kappa shape index (κ2) is 5.03. The maximum absolute atomic E-state index is 4.61. The van der Waals surface area contributed by atoms with E-state index in [0.717, 1.165) is 35.9 Å². The lowest BCUT2D eigenvalue weighted by Crippen LogP contribution is -2.21. The molecular weight excluding hydrogens is 240 g/mol. The Morgan fingerprint density at radius 3 is 3.16 bits per heavy atom. The van der Waals surface area contributed by atoms with E-state index in [9.17, 15) is 0 Å². The van der Waals surface area contributed by atoms with E-state index < -0.39 is 0 Å². The van der Waals surface area contributed by atoms with Gasteiger partial charge in [0.25, 0.3) is 0 Å². The minimum Gasteiger partial charge on any atom is -0.357 e. The van der Waals surface area contributed by atoms with Crippen LogP contribution in [0.3, 0.4) is 0 Å². The average molecular weight is 260 g/mol. The van der Waals surface area contributed by atoms with Gasteiger partial charge in [-0.1, -0.05) is 13.3 Å². The summed E-state index contributed by atoms with van der Waals surface area (Å²) in [6, 6.07) is 0. The summed E-state index contributed by atoms with van der Waals surface area (Å²) in [4.78, 5) is 11.3. The monoisotopic (exact) mass is 260 g/mol. The molecule has 6 nitrogen and oxygen atoms in total. The Hall–Kier alpha value is -1.85. The first-order valence-electron chi connectivity index (χ1n) is 6.95. The SMILES string of the molecule is CCCC1CCN(c2nc(NC)nc3[nH]ncc23)C1. The Kier molecular flexibility index (Phi) is 3.23. The molecule has 102 valence electrons. The zero-order valence-electron chi connectivity index (χ0n) is 11.5. The fraction of sp³-hybridized carbons (Fsp3) is 0.615. The summed E-state index contributed by atoms with van der Waals surface area (Å²) in [7, 11) is 1.84.